The van der Waals surface area contributed by atoms with Gasteiger partial charge in [-0.25, -0.2) is 0 Å². The topological polar surface area (TPSA) is 49.4 Å². The number of benzene rings is 1. The van der Waals surface area contributed by atoms with Crippen molar-refractivity contribution in [2.24, 2.45) is 0 Å². The lowest BCUT2D eigenvalue weighted by atomic mass is 10.1. The molecule has 1 N–H and O–H groups in total. The molecule has 0 aliphatic carbocycles. The third-order valence-electron chi connectivity index (χ3n) is 3.52. The van der Waals surface area contributed by atoms with E-state index in [9.17, 15) is 9.59 Å². The van der Waals surface area contributed by atoms with Gasteiger partial charge >= 0.3 is 11.8 Å². The minimum Gasteiger partial charge on any atom is -0.334 e. The van der Waals surface area contributed by atoms with Crippen LogP contribution in [0.3, 0.4) is 0 Å². The Hall–Kier alpha value is -1.84. The fourth-order valence-corrected chi connectivity index (χ4v) is 2.08. The number of anilines is 1. The van der Waals surface area contributed by atoms with Crippen molar-refractivity contribution in [2.45, 2.75) is 47.0 Å². The highest BCUT2D eigenvalue weighted by Crippen LogP contribution is 2.14. The normalized spacial score (nSPS) is 10.3. The SMILES string of the molecule is CCCCN(CCC)C(=O)C(=O)Nc1ccc(C)c(C)c1. The Morgan fingerprint density at radius 1 is 1.05 bits per heavy atom. The minimum absolute atomic E-state index is 0.441. The molecule has 0 aliphatic heterocycles. The lowest BCUT2D eigenvalue weighted by molar-refractivity contribution is -0.143. The van der Waals surface area contributed by atoms with Crippen molar-refractivity contribution in [2.75, 3.05) is 18.4 Å². The summed E-state index contributed by atoms with van der Waals surface area (Å²) in [5.41, 5.74) is 2.93. The highest BCUT2D eigenvalue weighted by molar-refractivity contribution is 6.39. The maximum absolute atomic E-state index is 12.2. The number of unbranched alkanes of at least 4 members (excludes halogenated alkanes) is 1. The molecule has 0 heterocycles. The van der Waals surface area contributed by atoms with E-state index in [1.165, 1.54) is 0 Å². The van der Waals surface area contributed by atoms with E-state index < -0.39 is 11.8 Å². The van der Waals surface area contributed by atoms with Crippen molar-refractivity contribution < 1.29 is 9.59 Å². The number of aryl methyl sites for hydroxylation is 2. The molecule has 1 rings (SSSR count). The number of nitrogens with one attached hydrogen (secondary N) is 1. The first-order valence-corrected chi connectivity index (χ1v) is 7.67. The average molecular weight is 290 g/mol. The standard InChI is InChI=1S/C17H26N2O2/c1-5-7-11-19(10-6-2)17(21)16(20)18-15-9-8-13(3)14(4)12-15/h8-9,12H,5-7,10-11H2,1-4H3,(H,18,20). The van der Waals surface area contributed by atoms with Gasteiger partial charge in [0.15, 0.2) is 0 Å². The zero-order valence-corrected chi connectivity index (χ0v) is 13.5. The molecular weight excluding hydrogens is 264 g/mol. The minimum atomic E-state index is -0.553. The number of rotatable bonds is 6. The Labute approximate surface area is 127 Å². The smallest absolute Gasteiger partial charge is 0.313 e. The van der Waals surface area contributed by atoms with E-state index in [2.05, 4.69) is 12.2 Å². The molecule has 1 aromatic rings. The lowest BCUT2D eigenvalue weighted by Crippen LogP contribution is -2.40. The van der Waals surface area contributed by atoms with Crippen LogP contribution in [0, 0.1) is 13.8 Å². The fourth-order valence-electron chi connectivity index (χ4n) is 2.08. The van der Waals surface area contributed by atoms with Crippen LogP contribution < -0.4 is 5.32 Å². The van der Waals surface area contributed by atoms with Crippen LogP contribution in [-0.2, 0) is 9.59 Å². The van der Waals surface area contributed by atoms with Crippen LogP contribution in [0.2, 0.25) is 0 Å². The molecule has 21 heavy (non-hydrogen) atoms. The summed E-state index contributed by atoms with van der Waals surface area (Å²) in [4.78, 5) is 25.9. The largest absolute Gasteiger partial charge is 0.334 e. The van der Waals surface area contributed by atoms with Crippen molar-refractivity contribution in [1.82, 2.24) is 4.90 Å². The second-order valence-electron chi connectivity index (χ2n) is 5.40. The van der Waals surface area contributed by atoms with Gasteiger partial charge in [-0.15, -0.1) is 0 Å². The third kappa shape index (κ3) is 5.21. The van der Waals surface area contributed by atoms with Gasteiger partial charge in [0.25, 0.3) is 0 Å². The molecule has 0 radical (unpaired) electrons. The van der Waals surface area contributed by atoms with E-state index in [4.69, 9.17) is 0 Å². The van der Waals surface area contributed by atoms with Gasteiger partial charge < -0.3 is 10.2 Å². The summed E-state index contributed by atoms with van der Waals surface area (Å²) < 4.78 is 0. The summed E-state index contributed by atoms with van der Waals surface area (Å²) in [5.74, 6) is -0.994. The second-order valence-corrected chi connectivity index (χ2v) is 5.40. The van der Waals surface area contributed by atoms with Crippen LogP contribution in [0.25, 0.3) is 0 Å². The Morgan fingerprint density at radius 3 is 2.33 bits per heavy atom. The number of carbonyl (C=O) groups is 2. The van der Waals surface area contributed by atoms with Gasteiger partial charge in [-0.05, 0) is 49.9 Å². The number of carbonyl (C=O) groups excluding carboxylic acids is 2. The molecule has 0 unspecified atom stereocenters. The highest BCUT2D eigenvalue weighted by atomic mass is 16.2. The first kappa shape index (κ1) is 17.2. The van der Waals surface area contributed by atoms with Crippen molar-refractivity contribution >= 4 is 17.5 Å². The van der Waals surface area contributed by atoms with Crippen molar-refractivity contribution in [3.8, 4) is 0 Å². The summed E-state index contributed by atoms with van der Waals surface area (Å²) in [7, 11) is 0. The van der Waals surface area contributed by atoms with Crippen LogP contribution in [0.4, 0.5) is 5.69 Å². The number of amides is 2. The quantitative estimate of drug-likeness (QED) is 0.817. The Balaban J connectivity index is 2.71. The van der Waals surface area contributed by atoms with Gasteiger partial charge in [-0.3, -0.25) is 9.59 Å². The fraction of sp³-hybridized carbons (Fsp3) is 0.529. The lowest BCUT2D eigenvalue weighted by Gasteiger charge is -2.21. The van der Waals surface area contributed by atoms with Gasteiger partial charge in [0.2, 0.25) is 0 Å². The molecule has 0 bridgehead atoms. The van der Waals surface area contributed by atoms with Crippen LogP contribution in [-0.4, -0.2) is 29.8 Å². The van der Waals surface area contributed by atoms with Gasteiger partial charge in [-0.1, -0.05) is 26.3 Å². The first-order valence-electron chi connectivity index (χ1n) is 7.67. The molecule has 0 saturated carbocycles. The molecule has 0 aromatic heterocycles. The van der Waals surface area contributed by atoms with E-state index in [-0.39, 0.29) is 0 Å². The van der Waals surface area contributed by atoms with Crippen molar-refractivity contribution in [3.05, 3.63) is 29.3 Å². The molecule has 0 fully saturated rings. The third-order valence-corrected chi connectivity index (χ3v) is 3.52. The Kier molecular flexibility index (Phi) is 6.92. The zero-order valence-electron chi connectivity index (χ0n) is 13.5. The van der Waals surface area contributed by atoms with Gasteiger partial charge in [-0.2, -0.15) is 0 Å². The Morgan fingerprint density at radius 2 is 1.76 bits per heavy atom. The summed E-state index contributed by atoms with van der Waals surface area (Å²) in [6.45, 7) is 9.34. The molecule has 0 saturated heterocycles. The zero-order chi connectivity index (χ0) is 15.8. The van der Waals surface area contributed by atoms with E-state index in [1.54, 1.807) is 4.90 Å². The summed E-state index contributed by atoms with van der Waals surface area (Å²) in [6.07, 6.45) is 2.78. The van der Waals surface area contributed by atoms with E-state index in [0.29, 0.717) is 18.8 Å². The van der Waals surface area contributed by atoms with Gasteiger partial charge in [0, 0.05) is 18.8 Å². The average Bonchev–Trinajstić information content (AvgIpc) is 2.46. The summed E-state index contributed by atoms with van der Waals surface area (Å²) >= 11 is 0. The predicted octanol–water partition coefficient (Wildman–Crippen LogP) is 3.28. The first-order chi connectivity index (χ1) is 9.99. The predicted molar refractivity (Wildman–Crippen MR) is 86.3 cm³/mol. The van der Waals surface area contributed by atoms with Crippen molar-refractivity contribution in [3.63, 3.8) is 0 Å². The molecular formula is C17H26N2O2. The van der Waals surface area contributed by atoms with Gasteiger partial charge in [0.05, 0.1) is 0 Å². The van der Waals surface area contributed by atoms with Crippen LogP contribution in [0.15, 0.2) is 18.2 Å². The molecule has 2 amide bonds. The van der Waals surface area contributed by atoms with Crippen LogP contribution in [0.5, 0.6) is 0 Å². The second kappa shape index (κ2) is 8.45. The van der Waals surface area contributed by atoms with Crippen LogP contribution in [0.1, 0.15) is 44.2 Å². The number of nitrogens with zero attached hydrogens (tertiary/aromatic N) is 1. The molecule has 4 heteroatoms. The van der Waals surface area contributed by atoms with Gasteiger partial charge in [0.1, 0.15) is 0 Å². The molecule has 0 atom stereocenters. The molecule has 0 spiro atoms. The summed E-state index contributed by atoms with van der Waals surface area (Å²) in [6, 6.07) is 5.65. The summed E-state index contributed by atoms with van der Waals surface area (Å²) in [5, 5.41) is 2.69. The van der Waals surface area contributed by atoms with Crippen LogP contribution >= 0.6 is 0 Å². The number of hydrogen-bond acceptors (Lipinski definition) is 2. The molecule has 4 nitrogen and oxygen atoms in total. The highest BCUT2D eigenvalue weighted by Gasteiger charge is 2.20. The van der Waals surface area contributed by atoms with E-state index in [1.807, 2.05) is 39.0 Å². The number of hydrogen-bond donors (Lipinski definition) is 1. The molecule has 1 aromatic carbocycles. The maximum atomic E-state index is 12.2. The van der Waals surface area contributed by atoms with Crippen molar-refractivity contribution in [1.29, 1.82) is 0 Å². The monoisotopic (exact) mass is 290 g/mol. The van der Waals surface area contributed by atoms with E-state index in [0.717, 1.165) is 30.4 Å². The molecule has 0 aliphatic rings. The maximum Gasteiger partial charge on any atom is 0.313 e. The molecule has 116 valence electrons. The van der Waals surface area contributed by atoms with E-state index >= 15 is 0 Å². The Bertz CT molecular complexity index is 498.